The minimum absolute atomic E-state index is 0.123. The van der Waals surface area contributed by atoms with Gasteiger partial charge in [-0.25, -0.2) is 13.1 Å². The quantitative estimate of drug-likeness (QED) is 0.768. The average molecular weight is 248 g/mol. The standard InChI is InChI=1S/C11H24N2O2S/c1-3-10-6-4-5-7-11(10)13-16(14,15)9(2)8-12/h9-11,13H,3-8,12H2,1-2H3. The van der Waals surface area contributed by atoms with E-state index < -0.39 is 15.3 Å². The first-order chi connectivity index (χ1) is 7.51. The smallest absolute Gasteiger partial charge is 0.215 e. The minimum atomic E-state index is -3.23. The van der Waals surface area contributed by atoms with E-state index in [-0.39, 0.29) is 12.6 Å². The van der Waals surface area contributed by atoms with Crippen molar-refractivity contribution >= 4 is 10.0 Å². The molecule has 0 saturated heterocycles. The van der Waals surface area contributed by atoms with Crippen molar-refractivity contribution in [3.05, 3.63) is 0 Å². The van der Waals surface area contributed by atoms with E-state index in [9.17, 15) is 8.42 Å². The highest BCUT2D eigenvalue weighted by molar-refractivity contribution is 7.90. The average Bonchev–Trinajstić information content (AvgIpc) is 2.28. The second kappa shape index (κ2) is 5.98. The number of hydrogen-bond donors (Lipinski definition) is 2. The minimum Gasteiger partial charge on any atom is -0.329 e. The summed E-state index contributed by atoms with van der Waals surface area (Å²) >= 11 is 0. The molecule has 0 amide bonds. The van der Waals surface area contributed by atoms with Gasteiger partial charge in [-0.05, 0) is 25.7 Å². The zero-order chi connectivity index (χ0) is 12.2. The third-order valence-electron chi connectivity index (χ3n) is 3.61. The Morgan fingerprint density at radius 3 is 2.56 bits per heavy atom. The molecular weight excluding hydrogens is 224 g/mol. The van der Waals surface area contributed by atoms with E-state index in [2.05, 4.69) is 11.6 Å². The molecule has 16 heavy (non-hydrogen) atoms. The van der Waals surface area contributed by atoms with Gasteiger partial charge in [-0.1, -0.05) is 26.2 Å². The summed E-state index contributed by atoms with van der Waals surface area (Å²) in [7, 11) is -3.23. The molecule has 1 saturated carbocycles. The second-order valence-corrected chi connectivity index (χ2v) is 6.90. The summed E-state index contributed by atoms with van der Waals surface area (Å²) in [5.41, 5.74) is 5.41. The molecule has 1 aliphatic carbocycles. The first-order valence-electron chi connectivity index (χ1n) is 6.22. The maximum absolute atomic E-state index is 11.9. The van der Waals surface area contributed by atoms with Crippen LogP contribution in [0.1, 0.15) is 46.0 Å². The first kappa shape index (κ1) is 13.9. The summed E-state index contributed by atoms with van der Waals surface area (Å²) in [6.45, 7) is 3.97. The topological polar surface area (TPSA) is 72.2 Å². The molecule has 1 aliphatic rings. The highest BCUT2D eigenvalue weighted by Crippen LogP contribution is 2.27. The highest BCUT2D eigenvalue weighted by atomic mass is 32.2. The van der Waals surface area contributed by atoms with Crippen LogP contribution in [-0.2, 0) is 10.0 Å². The lowest BCUT2D eigenvalue weighted by atomic mass is 9.83. The molecule has 3 unspecified atom stereocenters. The predicted octanol–water partition coefficient (Wildman–Crippen LogP) is 1.22. The van der Waals surface area contributed by atoms with Crippen LogP contribution in [0, 0.1) is 5.92 Å². The third-order valence-corrected chi connectivity index (χ3v) is 5.49. The third kappa shape index (κ3) is 3.43. The van der Waals surface area contributed by atoms with Crippen LogP contribution in [0.3, 0.4) is 0 Å². The largest absolute Gasteiger partial charge is 0.329 e. The Labute approximate surface area is 99.0 Å². The molecule has 0 aromatic carbocycles. The molecule has 3 N–H and O–H groups in total. The number of nitrogens with one attached hydrogen (secondary N) is 1. The van der Waals surface area contributed by atoms with Gasteiger partial charge in [0.2, 0.25) is 10.0 Å². The van der Waals surface area contributed by atoms with Gasteiger partial charge in [0.05, 0.1) is 5.25 Å². The van der Waals surface area contributed by atoms with E-state index in [0.29, 0.717) is 5.92 Å². The van der Waals surface area contributed by atoms with Crippen LogP contribution in [0.4, 0.5) is 0 Å². The number of rotatable bonds is 5. The predicted molar refractivity (Wildman–Crippen MR) is 66.6 cm³/mol. The summed E-state index contributed by atoms with van der Waals surface area (Å²) in [4.78, 5) is 0. The van der Waals surface area contributed by atoms with Crippen LogP contribution in [0.2, 0.25) is 0 Å². The molecule has 4 nitrogen and oxygen atoms in total. The molecular formula is C11H24N2O2S. The van der Waals surface area contributed by atoms with Crippen molar-refractivity contribution in [1.82, 2.24) is 4.72 Å². The Morgan fingerprint density at radius 1 is 1.38 bits per heavy atom. The normalized spacial score (nSPS) is 28.9. The lowest BCUT2D eigenvalue weighted by Gasteiger charge is -2.32. The molecule has 0 spiro atoms. The van der Waals surface area contributed by atoms with Crippen LogP contribution in [0.5, 0.6) is 0 Å². The first-order valence-corrected chi connectivity index (χ1v) is 7.77. The Bertz CT molecular complexity index is 303. The molecule has 0 radical (unpaired) electrons. The summed E-state index contributed by atoms with van der Waals surface area (Å²) in [6.07, 6.45) is 5.50. The summed E-state index contributed by atoms with van der Waals surface area (Å²) in [5, 5.41) is -0.494. The van der Waals surface area contributed by atoms with Crippen molar-refractivity contribution in [2.24, 2.45) is 11.7 Å². The van der Waals surface area contributed by atoms with E-state index in [1.807, 2.05) is 0 Å². The zero-order valence-corrected chi connectivity index (χ0v) is 11.1. The Balaban J connectivity index is 2.64. The zero-order valence-electron chi connectivity index (χ0n) is 10.3. The summed E-state index contributed by atoms with van der Waals surface area (Å²) in [5.74, 6) is 0.494. The lowest BCUT2D eigenvalue weighted by molar-refractivity contribution is 0.282. The molecule has 0 aliphatic heterocycles. The van der Waals surface area contributed by atoms with Gasteiger partial charge in [0.25, 0.3) is 0 Å². The monoisotopic (exact) mass is 248 g/mol. The van der Waals surface area contributed by atoms with Gasteiger partial charge in [0, 0.05) is 12.6 Å². The second-order valence-electron chi connectivity index (χ2n) is 4.77. The number of sulfonamides is 1. The van der Waals surface area contributed by atoms with Gasteiger partial charge in [-0.3, -0.25) is 0 Å². The summed E-state index contributed by atoms with van der Waals surface area (Å²) in [6, 6.07) is 0.123. The van der Waals surface area contributed by atoms with Crippen molar-refractivity contribution in [2.75, 3.05) is 6.54 Å². The molecule has 0 aromatic rings. The molecule has 0 aromatic heterocycles. The van der Waals surface area contributed by atoms with Gasteiger partial charge in [0.15, 0.2) is 0 Å². The molecule has 1 fully saturated rings. The van der Waals surface area contributed by atoms with Crippen molar-refractivity contribution in [3.63, 3.8) is 0 Å². The molecule has 0 heterocycles. The lowest BCUT2D eigenvalue weighted by Crippen LogP contribution is -2.46. The van der Waals surface area contributed by atoms with Crippen LogP contribution >= 0.6 is 0 Å². The molecule has 0 bridgehead atoms. The van der Waals surface area contributed by atoms with Gasteiger partial charge < -0.3 is 5.73 Å². The van der Waals surface area contributed by atoms with Gasteiger partial charge in [0.1, 0.15) is 0 Å². The molecule has 3 atom stereocenters. The van der Waals surface area contributed by atoms with Crippen molar-refractivity contribution in [3.8, 4) is 0 Å². The highest BCUT2D eigenvalue weighted by Gasteiger charge is 2.29. The van der Waals surface area contributed by atoms with Gasteiger partial charge >= 0.3 is 0 Å². The van der Waals surface area contributed by atoms with E-state index in [1.165, 1.54) is 6.42 Å². The molecule has 5 heteroatoms. The number of hydrogen-bond acceptors (Lipinski definition) is 3. The van der Waals surface area contributed by atoms with E-state index in [4.69, 9.17) is 5.73 Å². The van der Waals surface area contributed by atoms with Gasteiger partial charge in [-0.2, -0.15) is 0 Å². The fourth-order valence-corrected chi connectivity index (χ4v) is 3.52. The number of nitrogens with two attached hydrogens (primary N) is 1. The molecule has 1 rings (SSSR count). The fraction of sp³-hybridized carbons (Fsp3) is 1.00. The van der Waals surface area contributed by atoms with Crippen molar-refractivity contribution in [2.45, 2.75) is 57.2 Å². The van der Waals surface area contributed by atoms with Gasteiger partial charge in [-0.15, -0.1) is 0 Å². The van der Waals surface area contributed by atoms with E-state index in [0.717, 1.165) is 25.7 Å². The maximum atomic E-state index is 11.9. The molecule has 96 valence electrons. The van der Waals surface area contributed by atoms with Crippen molar-refractivity contribution < 1.29 is 8.42 Å². The van der Waals surface area contributed by atoms with Crippen molar-refractivity contribution in [1.29, 1.82) is 0 Å². The fourth-order valence-electron chi connectivity index (χ4n) is 2.31. The Hall–Kier alpha value is -0.130. The van der Waals surface area contributed by atoms with Crippen LogP contribution in [0.25, 0.3) is 0 Å². The Kier molecular flexibility index (Phi) is 5.21. The maximum Gasteiger partial charge on any atom is 0.215 e. The SMILES string of the molecule is CCC1CCCCC1NS(=O)(=O)C(C)CN. The van der Waals surface area contributed by atoms with Crippen LogP contribution in [-0.4, -0.2) is 26.3 Å². The van der Waals surface area contributed by atoms with E-state index >= 15 is 0 Å². The van der Waals surface area contributed by atoms with Crippen LogP contribution < -0.4 is 10.5 Å². The van der Waals surface area contributed by atoms with E-state index in [1.54, 1.807) is 6.92 Å². The summed E-state index contributed by atoms with van der Waals surface area (Å²) < 4.78 is 26.6. The Morgan fingerprint density at radius 2 is 2.00 bits per heavy atom. The van der Waals surface area contributed by atoms with Crippen LogP contribution in [0.15, 0.2) is 0 Å².